The molecule has 1 aliphatic rings. The third-order valence-corrected chi connectivity index (χ3v) is 4.78. The molecule has 1 aliphatic carbocycles. The number of nitrogens with zero attached hydrogens (tertiary/aromatic N) is 1. The van der Waals surface area contributed by atoms with Crippen LogP contribution in [0, 0.1) is 0 Å². The average molecular weight is 278 g/mol. The molecule has 2 rings (SSSR count). The molecule has 1 fully saturated rings. The van der Waals surface area contributed by atoms with Crippen molar-refractivity contribution >= 4 is 17.7 Å². The molecule has 0 bridgehead atoms. The summed E-state index contributed by atoms with van der Waals surface area (Å²) in [4.78, 5) is 15.2. The predicted molar refractivity (Wildman–Crippen MR) is 80.2 cm³/mol. The first kappa shape index (κ1) is 14.4. The van der Waals surface area contributed by atoms with Gasteiger partial charge in [-0.05, 0) is 37.8 Å². The fourth-order valence-corrected chi connectivity index (χ4v) is 3.30. The van der Waals surface area contributed by atoms with Crippen LogP contribution in [0.1, 0.15) is 25.7 Å². The molecule has 1 aromatic rings. The summed E-state index contributed by atoms with van der Waals surface area (Å²) in [6, 6.07) is 10.8. The van der Waals surface area contributed by atoms with Crippen molar-refractivity contribution in [3.8, 4) is 0 Å². The molecule has 2 N–H and O–H groups in total. The lowest BCUT2D eigenvalue weighted by Gasteiger charge is -2.33. The van der Waals surface area contributed by atoms with Gasteiger partial charge in [0.2, 0.25) is 5.91 Å². The first-order valence-corrected chi connectivity index (χ1v) is 7.84. The van der Waals surface area contributed by atoms with Crippen molar-refractivity contribution in [2.24, 2.45) is 5.73 Å². The quantitative estimate of drug-likeness (QED) is 0.861. The lowest BCUT2D eigenvalue weighted by Crippen LogP contribution is -2.42. The zero-order chi connectivity index (χ0) is 13.7. The van der Waals surface area contributed by atoms with Crippen LogP contribution in [-0.2, 0) is 4.79 Å². The normalized spacial score (nSPS) is 23.1. The highest BCUT2D eigenvalue weighted by molar-refractivity contribution is 8.00. The molecule has 0 spiro atoms. The van der Waals surface area contributed by atoms with Gasteiger partial charge in [0.1, 0.15) is 0 Å². The molecule has 1 aromatic carbocycles. The first-order chi connectivity index (χ1) is 9.16. The lowest BCUT2D eigenvalue weighted by molar-refractivity contribution is -0.129. The van der Waals surface area contributed by atoms with Gasteiger partial charge >= 0.3 is 0 Å². The molecule has 3 nitrogen and oxygen atoms in total. The van der Waals surface area contributed by atoms with Crippen molar-refractivity contribution in [3.05, 3.63) is 30.3 Å². The van der Waals surface area contributed by atoms with Crippen LogP contribution in [-0.4, -0.2) is 35.7 Å². The van der Waals surface area contributed by atoms with E-state index >= 15 is 0 Å². The van der Waals surface area contributed by atoms with Gasteiger partial charge < -0.3 is 10.6 Å². The number of carbonyl (C=O) groups excluding carboxylic acids is 1. The second-order valence-corrected chi connectivity index (χ2v) is 6.22. The van der Waals surface area contributed by atoms with E-state index in [1.807, 2.05) is 42.3 Å². The second-order valence-electron chi connectivity index (χ2n) is 5.17. The highest BCUT2D eigenvalue weighted by Gasteiger charge is 2.24. The minimum Gasteiger partial charge on any atom is -0.342 e. The minimum atomic E-state index is 0.217. The van der Waals surface area contributed by atoms with E-state index < -0.39 is 0 Å². The number of carbonyl (C=O) groups is 1. The summed E-state index contributed by atoms with van der Waals surface area (Å²) < 4.78 is 0. The molecule has 0 aromatic heterocycles. The second kappa shape index (κ2) is 6.96. The largest absolute Gasteiger partial charge is 0.342 e. The van der Waals surface area contributed by atoms with E-state index in [2.05, 4.69) is 0 Å². The van der Waals surface area contributed by atoms with E-state index in [9.17, 15) is 4.79 Å². The summed E-state index contributed by atoms with van der Waals surface area (Å²) in [6.45, 7) is 0. The van der Waals surface area contributed by atoms with Gasteiger partial charge in [0.15, 0.2) is 0 Å². The van der Waals surface area contributed by atoms with Crippen LogP contribution in [0.4, 0.5) is 0 Å². The number of rotatable bonds is 4. The Morgan fingerprint density at radius 3 is 2.53 bits per heavy atom. The maximum Gasteiger partial charge on any atom is 0.232 e. The predicted octanol–water partition coefficient (Wildman–Crippen LogP) is 2.51. The Kier molecular flexibility index (Phi) is 5.28. The van der Waals surface area contributed by atoms with Crippen LogP contribution < -0.4 is 5.73 Å². The molecule has 0 aliphatic heterocycles. The molecule has 19 heavy (non-hydrogen) atoms. The van der Waals surface area contributed by atoms with Gasteiger partial charge in [-0.2, -0.15) is 0 Å². The summed E-state index contributed by atoms with van der Waals surface area (Å²) in [5.74, 6) is 0.734. The zero-order valence-electron chi connectivity index (χ0n) is 11.4. The summed E-state index contributed by atoms with van der Waals surface area (Å²) in [6.07, 6.45) is 4.15. The average Bonchev–Trinajstić information content (AvgIpc) is 2.46. The van der Waals surface area contributed by atoms with Crippen LogP contribution in [0.5, 0.6) is 0 Å². The molecule has 0 unspecified atom stereocenters. The molecule has 0 radical (unpaired) electrons. The van der Waals surface area contributed by atoms with Crippen LogP contribution in [0.25, 0.3) is 0 Å². The van der Waals surface area contributed by atoms with E-state index in [0.717, 1.165) is 30.6 Å². The fourth-order valence-electron chi connectivity index (χ4n) is 2.46. The van der Waals surface area contributed by atoms with Crippen LogP contribution in [0.15, 0.2) is 35.2 Å². The highest BCUT2D eigenvalue weighted by atomic mass is 32.2. The SMILES string of the molecule is CN(C(=O)CSc1ccccc1)C1CCC(N)CC1. The maximum absolute atomic E-state index is 12.2. The molecular weight excluding hydrogens is 256 g/mol. The van der Waals surface area contributed by atoms with E-state index in [1.54, 1.807) is 11.8 Å². The van der Waals surface area contributed by atoms with E-state index in [-0.39, 0.29) is 5.91 Å². The van der Waals surface area contributed by atoms with Crippen LogP contribution in [0.2, 0.25) is 0 Å². The molecule has 1 saturated carbocycles. The van der Waals surface area contributed by atoms with E-state index in [4.69, 9.17) is 5.73 Å². The zero-order valence-corrected chi connectivity index (χ0v) is 12.2. The molecule has 0 atom stereocenters. The molecule has 4 heteroatoms. The fraction of sp³-hybridized carbons (Fsp3) is 0.533. The molecule has 0 saturated heterocycles. The van der Waals surface area contributed by atoms with E-state index in [1.165, 1.54) is 0 Å². The Bertz CT molecular complexity index is 402. The number of hydrogen-bond acceptors (Lipinski definition) is 3. The Morgan fingerprint density at radius 1 is 1.26 bits per heavy atom. The van der Waals surface area contributed by atoms with Gasteiger partial charge in [0.05, 0.1) is 5.75 Å². The van der Waals surface area contributed by atoms with Gasteiger partial charge in [0, 0.05) is 24.0 Å². The number of hydrogen-bond donors (Lipinski definition) is 1. The van der Waals surface area contributed by atoms with Crippen molar-refractivity contribution in [1.29, 1.82) is 0 Å². The van der Waals surface area contributed by atoms with Crippen molar-refractivity contribution in [2.75, 3.05) is 12.8 Å². The van der Waals surface area contributed by atoms with Crippen LogP contribution >= 0.6 is 11.8 Å². The van der Waals surface area contributed by atoms with E-state index in [0.29, 0.717) is 17.8 Å². The first-order valence-electron chi connectivity index (χ1n) is 6.86. The topological polar surface area (TPSA) is 46.3 Å². The maximum atomic E-state index is 12.2. The molecule has 0 heterocycles. The van der Waals surface area contributed by atoms with Crippen molar-refractivity contribution < 1.29 is 4.79 Å². The summed E-state index contributed by atoms with van der Waals surface area (Å²) >= 11 is 1.61. The minimum absolute atomic E-state index is 0.217. The number of amides is 1. The molecule has 1 amide bonds. The summed E-state index contributed by atoms with van der Waals surface area (Å²) in [5.41, 5.74) is 5.90. The van der Waals surface area contributed by atoms with Gasteiger partial charge in [-0.1, -0.05) is 18.2 Å². The van der Waals surface area contributed by atoms with Crippen molar-refractivity contribution in [3.63, 3.8) is 0 Å². The summed E-state index contributed by atoms with van der Waals surface area (Å²) in [7, 11) is 1.93. The number of benzene rings is 1. The summed E-state index contributed by atoms with van der Waals surface area (Å²) in [5, 5.41) is 0. The van der Waals surface area contributed by atoms with Gasteiger partial charge in [-0.25, -0.2) is 0 Å². The Morgan fingerprint density at radius 2 is 1.89 bits per heavy atom. The molecule has 104 valence electrons. The third kappa shape index (κ3) is 4.25. The molecular formula is C15H22N2OS. The van der Waals surface area contributed by atoms with Crippen molar-refractivity contribution in [2.45, 2.75) is 42.7 Å². The van der Waals surface area contributed by atoms with Crippen LogP contribution in [0.3, 0.4) is 0 Å². The van der Waals surface area contributed by atoms with Crippen molar-refractivity contribution in [1.82, 2.24) is 4.90 Å². The third-order valence-electron chi connectivity index (χ3n) is 3.79. The lowest BCUT2D eigenvalue weighted by atomic mass is 9.91. The Balaban J connectivity index is 1.79. The van der Waals surface area contributed by atoms with Gasteiger partial charge in [-0.3, -0.25) is 4.79 Å². The van der Waals surface area contributed by atoms with Gasteiger partial charge in [0.25, 0.3) is 0 Å². The monoisotopic (exact) mass is 278 g/mol. The Hall–Kier alpha value is -1.00. The smallest absolute Gasteiger partial charge is 0.232 e. The Labute approximate surface area is 119 Å². The standard InChI is InChI=1S/C15H22N2OS/c1-17(13-9-7-12(16)8-10-13)15(18)11-19-14-5-3-2-4-6-14/h2-6,12-13H,7-11,16H2,1H3. The highest BCUT2D eigenvalue weighted by Crippen LogP contribution is 2.23. The van der Waals surface area contributed by atoms with Gasteiger partial charge in [-0.15, -0.1) is 11.8 Å². The number of nitrogens with two attached hydrogens (primary N) is 1. The number of thioether (sulfide) groups is 1.